The van der Waals surface area contributed by atoms with Gasteiger partial charge in [-0.1, -0.05) is 11.6 Å². The van der Waals surface area contributed by atoms with Crippen LogP contribution in [0.3, 0.4) is 0 Å². The molecule has 1 aliphatic rings. The summed E-state index contributed by atoms with van der Waals surface area (Å²) >= 11 is 6.19. The highest BCUT2D eigenvalue weighted by Gasteiger charge is 2.25. The molecule has 0 aliphatic carbocycles. The number of hydrogen-bond acceptors (Lipinski definition) is 6. The Labute approximate surface area is 128 Å². The number of methoxy groups -OCH3 is 2. The molecule has 21 heavy (non-hydrogen) atoms. The second-order valence-corrected chi connectivity index (χ2v) is 4.84. The number of hydrogen-bond donors (Lipinski definition) is 1. The van der Waals surface area contributed by atoms with E-state index < -0.39 is 12.0 Å². The maximum absolute atomic E-state index is 11.9. The first-order valence-corrected chi connectivity index (χ1v) is 6.94. The molecular formula is C14H18ClNO5. The maximum Gasteiger partial charge on any atom is 0.327 e. The van der Waals surface area contributed by atoms with Gasteiger partial charge in [-0.15, -0.1) is 0 Å². The first-order chi connectivity index (χ1) is 10.2. The summed E-state index contributed by atoms with van der Waals surface area (Å²) in [5.41, 5.74) is 0.659. The van der Waals surface area contributed by atoms with E-state index in [0.29, 0.717) is 48.5 Å². The van der Waals surface area contributed by atoms with Crippen LogP contribution in [0.4, 0.5) is 0 Å². The van der Waals surface area contributed by atoms with Gasteiger partial charge in [0.25, 0.3) is 0 Å². The summed E-state index contributed by atoms with van der Waals surface area (Å²) in [7, 11) is 2.93. The van der Waals surface area contributed by atoms with Crippen LogP contribution in [0, 0.1) is 0 Å². The van der Waals surface area contributed by atoms with E-state index in [0.717, 1.165) is 0 Å². The lowest BCUT2D eigenvalue weighted by Crippen LogP contribution is -2.32. The smallest absolute Gasteiger partial charge is 0.327 e. The number of nitrogens with one attached hydrogen (secondary N) is 1. The van der Waals surface area contributed by atoms with Gasteiger partial charge >= 0.3 is 5.97 Å². The minimum absolute atomic E-state index is 0.404. The summed E-state index contributed by atoms with van der Waals surface area (Å²) in [4.78, 5) is 11.9. The second-order valence-electron chi connectivity index (χ2n) is 4.43. The van der Waals surface area contributed by atoms with Crippen LogP contribution in [-0.4, -0.2) is 46.6 Å². The molecule has 0 bridgehead atoms. The highest BCUT2D eigenvalue weighted by molar-refractivity contribution is 6.32. The van der Waals surface area contributed by atoms with Crippen molar-refractivity contribution in [2.24, 2.45) is 0 Å². The van der Waals surface area contributed by atoms with Crippen LogP contribution in [0.1, 0.15) is 11.6 Å². The van der Waals surface area contributed by atoms with Crippen LogP contribution in [0.2, 0.25) is 5.02 Å². The number of fused-ring (bicyclic) bond motifs is 1. The lowest BCUT2D eigenvalue weighted by Gasteiger charge is -2.23. The van der Waals surface area contributed by atoms with Crippen molar-refractivity contribution in [3.05, 3.63) is 22.7 Å². The number of carbonyl (C=O) groups excluding carboxylic acids is 1. The molecule has 1 aromatic carbocycles. The van der Waals surface area contributed by atoms with Crippen LogP contribution in [0.25, 0.3) is 0 Å². The van der Waals surface area contributed by atoms with Crippen molar-refractivity contribution in [2.45, 2.75) is 6.04 Å². The van der Waals surface area contributed by atoms with Gasteiger partial charge in [0, 0.05) is 13.7 Å². The highest BCUT2D eigenvalue weighted by atomic mass is 35.5. The van der Waals surface area contributed by atoms with E-state index in [4.69, 9.17) is 30.5 Å². The topological polar surface area (TPSA) is 66.0 Å². The van der Waals surface area contributed by atoms with E-state index in [2.05, 4.69) is 5.32 Å². The lowest BCUT2D eigenvalue weighted by atomic mass is 10.1. The highest BCUT2D eigenvalue weighted by Crippen LogP contribution is 2.39. The normalized spacial score (nSPS) is 14.6. The molecule has 1 unspecified atom stereocenters. The average molecular weight is 316 g/mol. The molecule has 7 heteroatoms. The van der Waals surface area contributed by atoms with Gasteiger partial charge in [-0.3, -0.25) is 5.32 Å². The Morgan fingerprint density at radius 1 is 1.38 bits per heavy atom. The maximum atomic E-state index is 11.9. The number of esters is 1. The van der Waals surface area contributed by atoms with E-state index >= 15 is 0 Å². The Morgan fingerprint density at radius 3 is 2.86 bits per heavy atom. The van der Waals surface area contributed by atoms with Gasteiger partial charge in [0.15, 0.2) is 11.5 Å². The van der Waals surface area contributed by atoms with Gasteiger partial charge < -0.3 is 18.9 Å². The molecule has 1 N–H and O–H groups in total. The first-order valence-electron chi connectivity index (χ1n) is 6.56. The first kappa shape index (κ1) is 15.9. The molecule has 0 spiro atoms. The zero-order valence-electron chi connectivity index (χ0n) is 12.0. The number of ether oxygens (including phenoxy) is 4. The zero-order valence-corrected chi connectivity index (χ0v) is 12.7. The second kappa shape index (κ2) is 7.49. The van der Waals surface area contributed by atoms with Crippen molar-refractivity contribution in [3.8, 4) is 11.5 Å². The van der Waals surface area contributed by atoms with Crippen molar-refractivity contribution in [1.29, 1.82) is 0 Å². The number of carbonyl (C=O) groups is 1. The Morgan fingerprint density at radius 2 is 2.14 bits per heavy atom. The molecule has 1 aromatic rings. The molecule has 0 fully saturated rings. The third kappa shape index (κ3) is 3.78. The van der Waals surface area contributed by atoms with E-state index in [1.807, 2.05) is 0 Å². The van der Waals surface area contributed by atoms with E-state index in [-0.39, 0.29) is 0 Å². The third-order valence-electron chi connectivity index (χ3n) is 3.04. The SMILES string of the molecule is COCCNC(C(=O)OC)c1cc(Cl)c2c(c1)OCCO2. The molecule has 0 amide bonds. The fourth-order valence-corrected chi connectivity index (χ4v) is 2.33. The molecule has 2 rings (SSSR count). The monoisotopic (exact) mass is 315 g/mol. The van der Waals surface area contributed by atoms with E-state index in [9.17, 15) is 4.79 Å². The molecule has 1 atom stereocenters. The number of rotatable bonds is 6. The van der Waals surface area contributed by atoms with Crippen molar-refractivity contribution in [1.82, 2.24) is 5.32 Å². The third-order valence-corrected chi connectivity index (χ3v) is 3.32. The molecular weight excluding hydrogens is 298 g/mol. The largest absolute Gasteiger partial charge is 0.486 e. The van der Waals surface area contributed by atoms with Gasteiger partial charge in [-0.25, -0.2) is 4.79 Å². The predicted molar refractivity (Wildman–Crippen MR) is 77.1 cm³/mol. The van der Waals surface area contributed by atoms with E-state index in [1.54, 1.807) is 19.2 Å². The Bertz CT molecular complexity index is 508. The minimum atomic E-state index is -0.640. The van der Waals surface area contributed by atoms with Crippen molar-refractivity contribution >= 4 is 17.6 Å². The summed E-state index contributed by atoms with van der Waals surface area (Å²) in [5, 5.41) is 3.47. The van der Waals surface area contributed by atoms with Crippen molar-refractivity contribution in [3.63, 3.8) is 0 Å². The fraction of sp³-hybridized carbons (Fsp3) is 0.500. The molecule has 0 saturated carbocycles. The lowest BCUT2D eigenvalue weighted by molar-refractivity contribution is -0.143. The molecule has 0 saturated heterocycles. The molecule has 116 valence electrons. The number of benzene rings is 1. The molecule has 0 radical (unpaired) electrons. The fourth-order valence-electron chi connectivity index (χ4n) is 2.06. The van der Waals surface area contributed by atoms with Crippen LogP contribution < -0.4 is 14.8 Å². The molecule has 1 aliphatic heterocycles. The zero-order chi connectivity index (χ0) is 15.2. The van der Waals surface area contributed by atoms with E-state index in [1.165, 1.54) is 7.11 Å². The molecule has 0 aromatic heterocycles. The van der Waals surface area contributed by atoms with Crippen molar-refractivity contribution < 1.29 is 23.7 Å². The van der Waals surface area contributed by atoms with Gasteiger partial charge in [0.1, 0.15) is 19.3 Å². The standard InChI is InChI=1S/C14H18ClNO5/c1-18-4-3-16-12(14(17)19-2)9-7-10(15)13-11(8-9)20-5-6-21-13/h7-8,12,16H,3-6H2,1-2H3. The van der Waals surface area contributed by atoms with Gasteiger partial charge in [0.05, 0.1) is 18.7 Å². The Balaban J connectivity index is 2.26. The summed E-state index contributed by atoms with van der Waals surface area (Å²) < 4.78 is 20.8. The van der Waals surface area contributed by atoms with Gasteiger partial charge in [0.2, 0.25) is 0 Å². The summed E-state index contributed by atoms with van der Waals surface area (Å²) in [6.07, 6.45) is 0. The van der Waals surface area contributed by atoms with Crippen LogP contribution in [0.5, 0.6) is 11.5 Å². The quantitative estimate of drug-likeness (QED) is 0.635. The average Bonchev–Trinajstić information content (AvgIpc) is 2.51. The minimum Gasteiger partial charge on any atom is -0.486 e. The predicted octanol–water partition coefficient (Wildman–Crippen LogP) is 1.56. The summed E-state index contributed by atoms with van der Waals surface area (Å²) in [6, 6.07) is 2.77. The summed E-state index contributed by atoms with van der Waals surface area (Å²) in [6.45, 7) is 1.89. The Hall–Kier alpha value is -1.50. The van der Waals surface area contributed by atoms with Crippen LogP contribution in [-0.2, 0) is 14.3 Å². The van der Waals surface area contributed by atoms with Gasteiger partial charge in [-0.2, -0.15) is 0 Å². The van der Waals surface area contributed by atoms with Gasteiger partial charge in [-0.05, 0) is 17.7 Å². The molecule has 6 nitrogen and oxygen atoms in total. The van der Waals surface area contributed by atoms with Crippen LogP contribution >= 0.6 is 11.6 Å². The van der Waals surface area contributed by atoms with Crippen molar-refractivity contribution in [2.75, 3.05) is 40.6 Å². The molecule has 1 heterocycles. The number of halogens is 1. The Kier molecular flexibility index (Phi) is 5.67. The summed E-state index contributed by atoms with van der Waals surface area (Å²) in [5.74, 6) is 0.636. The van der Waals surface area contributed by atoms with Crippen LogP contribution in [0.15, 0.2) is 12.1 Å².